The van der Waals surface area contributed by atoms with Crippen LogP contribution in [-0.2, 0) is 15.7 Å². The second-order valence-corrected chi connectivity index (χ2v) is 8.39. The van der Waals surface area contributed by atoms with E-state index in [0.29, 0.717) is 9.21 Å². The Hall–Kier alpha value is -2.34. The summed E-state index contributed by atoms with van der Waals surface area (Å²) in [6.07, 6.45) is -5.73. The lowest BCUT2D eigenvalue weighted by atomic mass is 10.1. The van der Waals surface area contributed by atoms with Crippen molar-refractivity contribution in [1.29, 1.82) is 0 Å². The number of carbonyl (C=O) groups is 2. The van der Waals surface area contributed by atoms with Gasteiger partial charge >= 0.3 is 6.18 Å². The molecule has 1 aromatic heterocycles. The lowest BCUT2D eigenvalue weighted by Crippen LogP contribution is -2.42. The van der Waals surface area contributed by atoms with E-state index in [9.17, 15) is 27.9 Å². The number of nitrogens with one attached hydrogen (secondary N) is 2. The van der Waals surface area contributed by atoms with Gasteiger partial charge in [0.15, 0.2) is 0 Å². The maximum atomic E-state index is 13.6. The fourth-order valence-corrected chi connectivity index (χ4v) is 3.88. The van der Waals surface area contributed by atoms with Crippen LogP contribution in [0.5, 0.6) is 0 Å². The maximum Gasteiger partial charge on any atom is 0.418 e. The fraction of sp³-hybridized carbons (Fsp3) is 0.368. The summed E-state index contributed by atoms with van der Waals surface area (Å²) >= 11 is 6.86. The average molecular weight is 478 g/mol. The van der Waals surface area contributed by atoms with Crippen LogP contribution in [0.4, 0.5) is 24.5 Å². The van der Waals surface area contributed by atoms with Gasteiger partial charge in [-0.15, -0.1) is 11.3 Å². The maximum absolute atomic E-state index is 13.6. The highest BCUT2D eigenvalue weighted by Crippen LogP contribution is 2.38. The Kier molecular flexibility index (Phi) is 7.42. The zero-order valence-corrected chi connectivity index (χ0v) is 17.6. The molecule has 2 aromatic rings. The van der Waals surface area contributed by atoms with E-state index in [2.05, 4.69) is 10.6 Å². The lowest BCUT2D eigenvalue weighted by molar-refractivity contribution is -0.137. The Morgan fingerprint density at radius 1 is 1.29 bits per heavy atom. The van der Waals surface area contributed by atoms with Gasteiger partial charge < -0.3 is 25.4 Å². The molecule has 1 aliphatic heterocycles. The minimum absolute atomic E-state index is 0.0303. The highest BCUT2D eigenvalue weighted by molar-refractivity contribution is 7.17. The Morgan fingerprint density at radius 3 is 2.71 bits per heavy atom. The topological polar surface area (TPSA) is 90.9 Å². The molecule has 0 radical (unpaired) electrons. The molecule has 0 bridgehead atoms. The van der Waals surface area contributed by atoms with Crippen LogP contribution in [0.15, 0.2) is 30.3 Å². The molecule has 1 aliphatic rings. The molecule has 1 fully saturated rings. The number of morpholine rings is 1. The second kappa shape index (κ2) is 9.86. The summed E-state index contributed by atoms with van der Waals surface area (Å²) in [7, 11) is 0. The molecule has 0 spiro atoms. The summed E-state index contributed by atoms with van der Waals surface area (Å²) in [5, 5.41) is 15.3. The number of alkyl halides is 3. The summed E-state index contributed by atoms with van der Waals surface area (Å²) in [6.45, 7) is -0.291. The number of hydrogen-bond donors (Lipinski definition) is 3. The Bertz CT molecular complexity index is 954. The Labute approximate surface area is 184 Å². The molecule has 2 heterocycles. The van der Waals surface area contributed by atoms with Gasteiger partial charge in [-0.2, -0.15) is 13.2 Å². The van der Waals surface area contributed by atoms with Crippen molar-refractivity contribution < 1.29 is 32.6 Å². The third-order valence-electron chi connectivity index (χ3n) is 4.42. The third kappa shape index (κ3) is 6.10. The molecule has 1 atom stereocenters. The van der Waals surface area contributed by atoms with Crippen LogP contribution in [0.3, 0.4) is 0 Å². The van der Waals surface area contributed by atoms with E-state index in [4.69, 9.17) is 16.3 Å². The van der Waals surface area contributed by atoms with E-state index in [0.717, 1.165) is 22.3 Å². The minimum Gasteiger partial charge on any atom is -0.389 e. The molecule has 0 unspecified atom stereocenters. The zero-order valence-electron chi connectivity index (χ0n) is 16.0. The molecule has 1 aromatic carbocycles. The summed E-state index contributed by atoms with van der Waals surface area (Å²) in [5.41, 5.74) is -1.09. The van der Waals surface area contributed by atoms with Gasteiger partial charge in [0.1, 0.15) is 6.61 Å². The smallest absolute Gasteiger partial charge is 0.389 e. The molecule has 0 aliphatic carbocycles. The highest BCUT2D eigenvalue weighted by Gasteiger charge is 2.37. The highest BCUT2D eigenvalue weighted by atomic mass is 35.5. The predicted octanol–water partition coefficient (Wildman–Crippen LogP) is 2.99. The number of nitrogens with zero attached hydrogens (tertiary/aromatic N) is 1. The van der Waals surface area contributed by atoms with Gasteiger partial charge in [-0.25, -0.2) is 0 Å². The number of carbonyl (C=O) groups excluding carboxylic acids is 2. The van der Waals surface area contributed by atoms with E-state index in [1.165, 1.54) is 12.1 Å². The van der Waals surface area contributed by atoms with Crippen LogP contribution in [0.1, 0.15) is 15.2 Å². The number of thiophene rings is 1. The number of amides is 2. The average Bonchev–Trinajstić information content (AvgIpc) is 3.16. The van der Waals surface area contributed by atoms with Gasteiger partial charge in [-0.3, -0.25) is 9.59 Å². The van der Waals surface area contributed by atoms with Gasteiger partial charge in [-0.1, -0.05) is 11.6 Å². The quantitative estimate of drug-likeness (QED) is 0.570. The normalized spacial score (nSPS) is 15.6. The van der Waals surface area contributed by atoms with Crippen molar-refractivity contribution in [3.05, 3.63) is 45.1 Å². The number of aliphatic hydroxyl groups is 1. The number of benzene rings is 1. The summed E-state index contributed by atoms with van der Waals surface area (Å²) < 4.78 is 46.2. The standard InChI is InChI=1S/C19H19ClF3N3O4S/c20-16-4-3-15(31-16)18(29)25-9-12(27)8-24-11-1-2-14(13(7-11)19(21,22)23)26-5-6-30-10-17(26)28/h1-4,7,12,24,27H,5-6,8-10H2,(H,25,29)/t12-/m0/s1. The molecule has 12 heteroatoms. The van der Waals surface area contributed by atoms with Gasteiger partial charge in [0.05, 0.1) is 33.2 Å². The van der Waals surface area contributed by atoms with Crippen molar-refractivity contribution in [3.8, 4) is 0 Å². The molecule has 168 valence electrons. The summed E-state index contributed by atoms with van der Waals surface area (Å²) in [6, 6.07) is 6.62. The molecular weight excluding hydrogens is 459 g/mol. The first kappa shape index (κ1) is 23.3. The first-order valence-electron chi connectivity index (χ1n) is 9.20. The van der Waals surface area contributed by atoms with Gasteiger partial charge in [0, 0.05) is 25.3 Å². The summed E-state index contributed by atoms with van der Waals surface area (Å²) in [4.78, 5) is 25.3. The van der Waals surface area contributed by atoms with E-state index in [1.807, 2.05) is 0 Å². The Morgan fingerprint density at radius 2 is 2.06 bits per heavy atom. The van der Waals surface area contributed by atoms with Crippen molar-refractivity contribution in [1.82, 2.24) is 5.32 Å². The summed E-state index contributed by atoms with van der Waals surface area (Å²) in [5.74, 6) is -0.953. The first-order chi connectivity index (χ1) is 14.6. The molecular formula is C19H19ClF3N3O4S. The third-order valence-corrected chi connectivity index (χ3v) is 5.65. The Balaban J connectivity index is 1.62. The van der Waals surface area contributed by atoms with Crippen LogP contribution in [0, 0.1) is 0 Å². The molecule has 2 amide bonds. The molecule has 0 saturated carbocycles. The number of anilines is 2. The molecule has 3 N–H and O–H groups in total. The largest absolute Gasteiger partial charge is 0.418 e. The van der Waals surface area contributed by atoms with Gasteiger partial charge in [-0.05, 0) is 30.3 Å². The van der Waals surface area contributed by atoms with E-state index in [-0.39, 0.29) is 44.2 Å². The van der Waals surface area contributed by atoms with Crippen LogP contribution < -0.4 is 15.5 Å². The number of hydrogen-bond acceptors (Lipinski definition) is 6. The molecule has 7 nitrogen and oxygen atoms in total. The van der Waals surface area contributed by atoms with Crippen LogP contribution >= 0.6 is 22.9 Å². The fourth-order valence-electron chi connectivity index (χ4n) is 2.92. The van der Waals surface area contributed by atoms with Crippen molar-refractivity contribution in [2.75, 3.05) is 43.1 Å². The molecule has 31 heavy (non-hydrogen) atoms. The predicted molar refractivity (Wildman–Crippen MR) is 111 cm³/mol. The lowest BCUT2D eigenvalue weighted by Gasteiger charge is -2.29. The van der Waals surface area contributed by atoms with Gasteiger partial charge in [0.25, 0.3) is 11.8 Å². The number of halogens is 4. The van der Waals surface area contributed by atoms with Crippen LogP contribution in [0.2, 0.25) is 4.34 Å². The molecule has 1 saturated heterocycles. The van der Waals surface area contributed by atoms with E-state index in [1.54, 1.807) is 12.1 Å². The van der Waals surface area contributed by atoms with Crippen LogP contribution in [0.25, 0.3) is 0 Å². The first-order valence-corrected chi connectivity index (χ1v) is 10.4. The number of ether oxygens (including phenoxy) is 1. The SMILES string of the molecule is O=C(NC[C@@H](O)CNc1ccc(N2CCOCC2=O)c(C(F)(F)F)c1)c1ccc(Cl)s1. The van der Waals surface area contributed by atoms with Crippen molar-refractivity contribution >= 4 is 46.1 Å². The second-order valence-electron chi connectivity index (χ2n) is 6.68. The zero-order chi connectivity index (χ0) is 22.6. The monoisotopic (exact) mass is 477 g/mol. The van der Waals surface area contributed by atoms with E-state index >= 15 is 0 Å². The minimum atomic E-state index is -4.68. The number of rotatable bonds is 7. The van der Waals surface area contributed by atoms with Crippen LogP contribution in [-0.4, -0.2) is 55.9 Å². The van der Waals surface area contributed by atoms with Crippen molar-refractivity contribution in [2.45, 2.75) is 12.3 Å². The molecule has 3 rings (SSSR count). The van der Waals surface area contributed by atoms with Crippen molar-refractivity contribution in [2.24, 2.45) is 0 Å². The van der Waals surface area contributed by atoms with Gasteiger partial charge in [0.2, 0.25) is 0 Å². The van der Waals surface area contributed by atoms with E-state index < -0.39 is 29.7 Å². The number of aliphatic hydroxyl groups excluding tert-OH is 1. The van der Waals surface area contributed by atoms with Crippen molar-refractivity contribution in [3.63, 3.8) is 0 Å².